The number of hydrogen-bond acceptors (Lipinski definition) is 5. The molecule has 0 saturated carbocycles. The summed E-state index contributed by atoms with van der Waals surface area (Å²) in [5.74, 6) is -1.22. The molecule has 0 atom stereocenters. The summed E-state index contributed by atoms with van der Waals surface area (Å²) in [4.78, 5) is 24.5. The monoisotopic (exact) mass is 466 g/mol. The van der Waals surface area contributed by atoms with Crippen molar-refractivity contribution < 1.29 is 22.7 Å². The molecular weight excluding hydrogens is 440 g/mol. The molecule has 0 aromatic heterocycles. The van der Waals surface area contributed by atoms with Crippen molar-refractivity contribution in [3.63, 3.8) is 0 Å². The molecule has 33 heavy (non-hydrogen) atoms. The largest absolute Gasteiger partial charge is 0.452 e. The quantitative estimate of drug-likeness (QED) is 0.491. The summed E-state index contributed by atoms with van der Waals surface area (Å²) >= 11 is 0. The molecule has 0 aliphatic heterocycles. The van der Waals surface area contributed by atoms with Gasteiger partial charge in [-0.1, -0.05) is 48.0 Å². The maximum atomic E-state index is 12.8. The topological polar surface area (TPSA) is 102 Å². The van der Waals surface area contributed by atoms with Crippen LogP contribution >= 0.6 is 0 Å². The molecular formula is C25H26N2O5S. The van der Waals surface area contributed by atoms with Crippen LogP contribution in [-0.4, -0.2) is 26.9 Å². The molecule has 0 saturated heterocycles. The van der Waals surface area contributed by atoms with Gasteiger partial charge in [-0.25, -0.2) is 13.2 Å². The van der Waals surface area contributed by atoms with Crippen molar-refractivity contribution >= 4 is 27.6 Å². The lowest BCUT2D eigenvalue weighted by atomic mass is 10.1. The van der Waals surface area contributed by atoms with Crippen molar-refractivity contribution in [2.45, 2.75) is 32.2 Å². The Morgan fingerprint density at radius 1 is 0.879 bits per heavy atom. The first-order chi connectivity index (χ1) is 15.6. The third kappa shape index (κ3) is 6.66. The number of ether oxygens (including phenoxy) is 1. The highest BCUT2D eigenvalue weighted by Crippen LogP contribution is 2.20. The second-order valence-corrected chi connectivity index (χ2v) is 9.47. The highest BCUT2D eigenvalue weighted by molar-refractivity contribution is 7.92. The molecule has 3 aromatic carbocycles. The highest BCUT2D eigenvalue weighted by Gasteiger charge is 2.20. The van der Waals surface area contributed by atoms with Gasteiger partial charge in [0.05, 0.1) is 10.5 Å². The summed E-state index contributed by atoms with van der Waals surface area (Å²) in [5, 5.41) is 2.69. The van der Waals surface area contributed by atoms with E-state index >= 15 is 0 Å². The van der Waals surface area contributed by atoms with Gasteiger partial charge in [0.1, 0.15) is 0 Å². The van der Waals surface area contributed by atoms with Crippen LogP contribution in [0.3, 0.4) is 0 Å². The lowest BCUT2D eigenvalue weighted by Crippen LogP contribution is -2.28. The van der Waals surface area contributed by atoms with E-state index in [1.54, 1.807) is 25.1 Å². The van der Waals surface area contributed by atoms with E-state index in [0.29, 0.717) is 17.8 Å². The van der Waals surface area contributed by atoms with Crippen LogP contribution in [0.1, 0.15) is 32.6 Å². The number of carbonyl (C=O) groups excluding carboxylic acids is 2. The van der Waals surface area contributed by atoms with Crippen LogP contribution in [0.4, 0.5) is 5.69 Å². The molecule has 0 aliphatic rings. The van der Waals surface area contributed by atoms with Gasteiger partial charge in [-0.2, -0.15) is 0 Å². The molecule has 2 N–H and O–H groups in total. The van der Waals surface area contributed by atoms with Crippen LogP contribution < -0.4 is 10.0 Å². The van der Waals surface area contributed by atoms with Crippen LogP contribution in [0.2, 0.25) is 0 Å². The van der Waals surface area contributed by atoms with Crippen molar-refractivity contribution in [2.75, 3.05) is 11.3 Å². The molecule has 0 spiro atoms. The predicted molar refractivity (Wildman–Crippen MR) is 126 cm³/mol. The summed E-state index contributed by atoms with van der Waals surface area (Å²) in [5.41, 5.74) is 3.99. The molecule has 1 amide bonds. The van der Waals surface area contributed by atoms with Crippen molar-refractivity contribution in [3.8, 4) is 0 Å². The second-order valence-electron chi connectivity index (χ2n) is 7.79. The first-order valence-corrected chi connectivity index (χ1v) is 11.8. The fourth-order valence-corrected chi connectivity index (χ4v) is 4.15. The molecule has 3 aromatic rings. The number of rotatable bonds is 8. The molecule has 0 bridgehead atoms. The van der Waals surface area contributed by atoms with Gasteiger partial charge in [-0.3, -0.25) is 9.52 Å². The Bertz CT molecular complexity index is 1270. The summed E-state index contributed by atoms with van der Waals surface area (Å²) in [6.07, 6.45) is 0. The van der Waals surface area contributed by atoms with E-state index in [1.165, 1.54) is 18.2 Å². The minimum Gasteiger partial charge on any atom is -0.452 e. The van der Waals surface area contributed by atoms with Gasteiger partial charge < -0.3 is 10.1 Å². The average Bonchev–Trinajstić information content (AvgIpc) is 2.77. The number of amides is 1. The number of aryl methyl sites for hydroxylation is 3. The molecule has 7 nitrogen and oxygen atoms in total. The molecule has 3 rings (SSSR count). The van der Waals surface area contributed by atoms with E-state index in [0.717, 1.165) is 16.7 Å². The SMILES string of the molecule is Cc1ccc(CNC(=O)COC(=O)c2cc(S(=O)(=O)Nc3cccc(C)c3)ccc2C)cc1. The fraction of sp³-hybridized carbons (Fsp3) is 0.200. The van der Waals surface area contributed by atoms with E-state index in [4.69, 9.17) is 4.74 Å². The average molecular weight is 467 g/mol. The molecule has 0 unspecified atom stereocenters. The van der Waals surface area contributed by atoms with Crippen molar-refractivity contribution in [2.24, 2.45) is 0 Å². The zero-order valence-electron chi connectivity index (χ0n) is 18.7. The molecule has 8 heteroatoms. The fourth-order valence-electron chi connectivity index (χ4n) is 3.08. The standard InChI is InChI=1S/C25H26N2O5S/c1-17-7-10-20(11-8-17)15-26-24(28)16-32-25(29)23-14-22(12-9-19(23)3)33(30,31)27-21-6-4-5-18(2)13-21/h4-14,27H,15-16H2,1-3H3,(H,26,28). The highest BCUT2D eigenvalue weighted by atomic mass is 32.2. The van der Waals surface area contributed by atoms with Crippen LogP contribution in [-0.2, 0) is 26.1 Å². The lowest BCUT2D eigenvalue weighted by Gasteiger charge is -2.12. The molecule has 0 radical (unpaired) electrons. The van der Waals surface area contributed by atoms with Gasteiger partial charge in [0.15, 0.2) is 6.61 Å². The molecule has 172 valence electrons. The number of esters is 1. The summed E-state index contributed by atoms with van der Waals surface area (Å²) in [7, 11) is -3.91. The normalized spacial score (nSPS) is 11.0. The minimum atomic E-state index is -3.91. The lowest BCUT2D eigenvalue weighted by molar-refractivity contribution is -0.124. The van der Waals surface area contributed by atoms with Crippen LogP contribution in [0.5, 0.6) is 0 Å². The van der Waals surface area contributed by atoms with Gasteiger partial charge in [-0.15, -0.1) is 0 Å². The van der Waals surface area contributed by atoms with Crippen molar-refractivity contribution in [3.05, 3.63) is 94.5 Å². The Balaban J connectivity index is 1.63. The minimum absolute atomic E-state index is 0.0773. The number of carbonyl (C=O) groups is 2. The van der Waals surface area contributed by atoms with E-state index in [1.807, 2.05) is 44.2 Å². The Hall–Kier alpha value is -3.65. The first-order valence-electron chi connectivity index (χ1n) is 10.3. The number of nitrogens with one attached hydrogen (secondary N) is 2. The zero-order chi connectivity index (χ0) is 24.0. The summed E-state index contributed by atoms with van der Waals surface area (Å²) < 4.78 is 33.2. The first kappa shape index (κ1) is 24.0. The van der Waals surface area contributed by atoms with Crippen molar-refractivity contribution in [1.29, 1.82) is 0 Å². The summed E-state index contributed by atoms with van der Waals surface area (Å²) in [6.45, 7) is 5.34. The molecule has 0 heterocycles. The smallest absolute Gasteiger partial charge is 0.338 e. The molecule has 0 aliphatic carbocycles. The Morgan fingerprint density at radius 2 is 1.61 bits per heavy atom. The van der Waals surface area contributed by atoms with Gasteiger partial charge in [0, 0.05) is 12.2 Å². The maximum absolute atomic E-state index is 12.8. The van der Waals surface area contributed by atoms with Gasteiger partial charge in [0.2, 0.25) is 0 Å². The number of hydrogen-bond donors (Lipinski definition) is 2. The zero-order valence-corrected chi connectivity index (χ0v) is 19.5. The van der Waals surface area contributed by atoms with E-state index < -0.39 is 28.5 Å². The maximum Gasteiger partial charge on any atom is 0.338 e. The number of benzene rings is 3. The van der Waals surface area contributed by atoms with Gasteiger partial charge in [0.25, 0.3) is 15.9 Å². The third-order valence-corrected chi connectivity index (χ3v) is 6.33. The van der Waals surface area contributed by atoms with E-state index in [-0.39, 0.29) is 10.5 Å². The van der Waals surface area contributed by atoms with Gasteiger partial charge in [-0.05, 0) is 61.7 Å². The predicted octanol–water partition coefficient (Wildman–Crippen LogP) is 3.89. The number of anilines is 1. The van der Waals surface area contributed by atoms with E-state index in [9.17, 15) is 18.0 Å². The third-order valence-electron chi connectivity index (χ3n) is 4.95. The number of sulfonamides is 1. The van der Waals surface area contributed by atoms with Crippen LogP contribution in [0.15, 0.2) is 71.6 Å². The van der Waals surface area contributed by atoms with E-state index in [2.05, 4.69) is 10.0 Å². The van der Waals surface area contributed by atoms with Crippen LogP contribution in [0.25, 0.3) is 0 Å². The second kappa shape index (κ2) is 10.3. The Labute approximate surface area is 193 Å². The Morgan fingerprint density at radius 3 is 2.30 bits per heavy atom. The van der Waals surface area contributed by atoms with Gasteiger partial charge >= 0.3 is 5.97 Å². The van der Waals surface area contributed by atoms with Crippen molar-refractivity contribution in [1.82, 2.24) is 5.32 Å². The molecule has 0 fully saturated rings. The summed E-state index contributed by atoms with van der Waals surface area (Å²) in [6, 6.07) is 18.8. The van der Waals surface area contributed by atoms with Crippen LogP contribution in [0, 0.1) is 20.8 Å². The Kier molecular flexibility index (Phi) is 7.50.